The number of nitrogens with zero attached hydrogens (tertiary/aromatic N) is 1. The van der Waals surface area contributed by atoms with Crippen LogP contribution >= 0.6 is 0 Å². The molecule has 1 aromatic carbocycles. The molecule has 0 saturated carbocycles. The standard InChI is InChI=1S/C15H20N2O3S/c1-12-14(7-8-20-12)11-17(3)21(18,19)15-6-4-5-13(9-15)10-16-2/h4-9,16H,10-11H2,1-3H3. The molecule has 0 unspecified atom stereocenters. The van der Waals surface area contributed by atoms with Crippen LogP contribution in [0.1, 0.15) is 16.9 Å². The number of benzene rings is 1. The molecule has 2 rings (SSSR count). The monoisotopic (exact) mass is 308 g/mol. The summed E-state index contributed by atoms with van der Waals surface area (Å²) >= 11 is 0. The summed E-state index contributed by atoms with van der Waals surface area (Å²) in [7, 11) is -0.104. The number of aryl methyl sites for hydroxylation is 1. The lowest BCUT2D eigenvalue weighted by molar-refractivity contribution is 0.459. The molecular formula is C15H20N2O3S. The maximum absolute atomic E-state index is 12.6. The van der Waals surface area contributed by atoms with Gasteiger partial charge in [-0.1, -0.05) is 12.1 Å². The summed E-state index contributed by atoms with van der Waals surface area (Å²) in [4.78, 5) is 0.305. The summed E-state index contributed by atoms with van der Waals surface area (Å²) in [5.41, 5.74) is 1.80. The minimum absolute atomic E-state index is 0.293. The Morgan fingerprint density at radius 2 is 2.05 bits per heavy atom. The highest BCUT2D eigenvalue weighted by molar-refractivity contribution is 7.89. The molecule has 0 aliphatic carbocycles. The molecule has 5 nitrogen and oxygen atoms in total. The Labute approximate surface area is 125 Å². The fraction of sp³-hybridized carbons (Fsp3) is 0.333. The summed E-state index contributed by atoms with van der Waals surface area (Å²) in [6.45, 7) is 2.75. The minimum Gasteiger partial charge on any atom is -0.469 e. The van der Waals surface area contributed by atoms with Crippen molar-refractivity contribution in [1.82, 2.24) is 9.62 Å². The lowest BCUT2D eigenvalue weighted by Gasteiger charge is -2.17. The second-order valence-electron chi connectivity index (χ2n) is 4.94. The van der Waals surface area contributed by atoms with E-state index in [2.05, 4.69) is 5.32 Å². The van der Waals surface area contributed by atoms with Crippen LogP contribution in [0.5, 0.6) is 0 Å². The van der Waals surface area contributed by atoms with E-state index in [1.54, 1.807) is 37.6 Å². The van der Waals surface area contributed by atoms with Gasteiger partial charge in [0.05, 0.1) is 11.2 Å². The highest BCUT2D eigenvalue weighted by Crippen LogP contribution is 2.19. The van der Waals surface area contributed by atoms with Gasteiger partial charge >= 0.3 is 0 Å². The van der Waals surface area contributed by atoms with Crippen LogP contribution in [0.4, 0.5) is 0 Å². The Morgan fingerprint density at radius 1 is 1.29 bits per heavy atom. The van der Waals surface area contributed by atoms with Crippen molar-refractivity contribution in [2.24, 2.45) is 0 Å². The van der Waals surface area contributed by atoms with Crippen molar-refractivity contribution < 1.29 is 12.8 Å². The average molecular weight is 308 g/mol. The molecule has 6 heteroatoms. The van der Waals surface area contributed by atoms with E-state index in [1.165, 1.54) is 4.31 Å². The first-order valence-corrected chi connectivity index (χ1v) is 8.12. The molecule has 0 aliphatic heterocycles. The number of hydrogen-bond donors (Lipinski definition) is 1. The van der Waals surface area contributed by atoms with Gasteiger partial charge in [-0.3, -0.25) is 0 Å². The Balaban J connectivity index is 2.24. The maximum atomic E-state index is 12.6. The molecular weight excluding hydrogens is 288 g/mol. The molecule has 1 heterocycles. The van der Waals surface area contributed by atoms with E-state index < -0.39 is 10.0 Å². The van der Waals surface area contributed by atoms with Gasteiger partial charge in [0.15, 0.2) is 0 Å². The zero-order valence-corrected chi connectivity index (χ0v) is 13.3. The van der Waals surface area contributed by atoms with Gasteiger partial charge in [0.25, 0.3) is 0 Å². The molecule has 114 valence electrons. The van der Waals surface area contributed by atoms with Gasteiger partial charge in [-0.25, -0.2) is 8.42 Å². The summed E-state index contributed by atoms with van der Waals surface area (Å²) in [6.07, 6.45) is 1.57. The van der Waals surface area contributed by atoms with Gasteiger partial charge in [0.2, 0.25) is 10.0 Å². The van der Waals surface area contributed by atoms with Crippen molar-refractivity contribution in [3.05, 3.63) is 53.5 Å². The van der Waals surface area contributed by atoms with Crippen molar-refractivity contribution >= 4 is 10.0 Å². The van der Waals surface area contributed by atoms with Gasteiger partial charge in [-0.05, 0) is 37.7 Å². The Hall–Kier alpha value is -1.63. The van der Waals surface area contributed by atoms with E-state index in [0.717, 1.165) is 16.9 Å². The van der Waals surface area contributed by atoms with E-state index in [9.17, 15) is 8.42 Å². The highest BCUT2D eigenvalue weighted by Gasteiger charge is 2.22. The third-order valence-corrected chi connectivity index (χ3v) is 5.15. The molecule has 0 saturated heterocycles. The molecule has 0 radical (unpaired) electrons. The number of nitrogens with one attached hydrogen (secondary N) is 1. The zero-order chi connectivity index (χ0) is 15.5. The first-order chi connectivity index (χ1) is 9.95. The predicted octanol–water partition coefficient (Wildman–Crippen LogP) is 2.13. The van der Waals surface area contributed by atoms with Crippen LogP contribution in [0.25, 0.3) is 0 Å². The van der Waals surface area contributed by atoms with Crippen molar-refractivity contribution in [3.63, 3.8) is 0 Å². The van der Waals surface area contributed by atoms with Gasteiger partial charge in [-0.15, -0.1) is 0 Å². The predicted molar refractivity (Wildman–Crippen MR) is 81.3 cm³/mol. The lowest BCUT2D eigenvalue weighted by atomic mass is 10.2. The smallest absolute Gasteiger partial charge is 0.243 e. The molecule has 1 N–H and O–H groups in total. The molecule has 0 atom stereocenters. The molecule has 0 spiro atoms. The number of rotatable bonds is 6. The van der Waals surface area contributed by atoms with Crippen LogP contribution in [0.15, 0.2) is 45.9 Å². The van der Waals surface area contributed by atoms with Crippen molar-refractivity contribution in [3.8, 4) is 0 Å². The van der Waals surface area contributed by atoms with Gasteiger partial charge in [0, 0.05) is 25.7 Å². The Morgan fingerprint density at radius 3 is 2.67 bits per heavy atom. The second kappa shape index (κ2) is 6.43. The van der Waals surface area contributed by atoms with Gasteiger partial charge in [-0.2, -0.15) is 4.31 Å². The summed E-state index contributed by atoms with van der Waals surface area (Å²) < 4.78 is 31.7. The number of sulfonamides is 1. The maximum Gasteiger partial charge on any atom is 0.243 e. The van der Waals surface area contributed by atoms with Crippen molar-refractivity contribution in [2.75, 3.05) is 14.1 Å². The van der Waals surface area contributed by atoms with E-state index in [1.807, 2.05) is 20.0 Å². The fourth-order valence-corrected chi connectivity index (χ4v) is 3.32. The van der Waals surface area contributed by atoms with Crippen LogP contribution in [-0.4, -0.2) is 26.8 Å². The third kappa shape index (κ3) is 3.53. The normalized spacial score (nSPS) is 12.0. The largest absolute Gasteiger partial charge is 0.469 e. The van der Waals surface area contributed by atoms with Crippen LogP contribution in [0.3, 0.4) is 0 Å². The van der Waals surface area contributed by atoms with Crippen LogP contribution in [-0.2, 0) is 23.1 Å². The number of hydrogen-bond acceptors (Lipinski definition) is 4. The van der Waals surface area contributed by atoms with Crippen LogP contribution < -0.4 is 5.32 Å². The summed E-state index contributed by atoms with van der Waals surface area (Å²) in [6, 6.07) is 8.77. The van der Waals surface area contributed by atoms with Crippen molar-refractivity contribution in [2.45, 2.75) is 24.9 Å². The van der Waals surface area contributed by atoms with Crippen LogP contribution in [0.2, 0.25) is 0 Å². The molecule has 0 bridgehead atoms. The quantitative estimate of drug-likeness (QED) is 0.888. The van der Waals surface area contributed by atoms with E-state index in [4.69, 9.17) is 4.42 Å². The average Bonchev–Trinajstić information content (AvgIpc) is 2.85. The Kier molecular flexibility index (Phi) is 4.82. The molecule has 0 aliphatic rings. The molecule has 1 aromatic heterocycles. The van der Waals surface area contributed by atoms with E-state index in [-0.39, 0.29) is 0 Å². The SMILES string of the molecule is CNCc1cccc(S(=O)(=O)N(C)Cc2ccoc2C)c1. The molecule has 21 heavy (non-hydrogen) atoms. The topological polar surface area (TPSA) is 62.6 Å². The van der Waals surface area contributed by atoms with Crippen LogP contribution in [0, 0.1) is 6.92 Å². The van der Waals surface area contributed by atoms with E-state index in [0.29, 0.717) is 18.0 Å². The van der Waals surface area contributed by atoms with Gasteiger partial charge < -0.3 is 9.73 Å². The third-order valence-electron chi connectivity index (χ3n) is 3.35. The Bertz CT molecular complexity index is 707. The first kappa shape index (κ1) is 15.8. The first-order valence-electron chi connectivity index (χ1n) is 6.68. The molecule has 0 amide bonds. The zero-order valence-electron chi connectivity index (χ0n) is 12.5. The summed E-state index contributed by atoms with van der Waals surface area (Å²) in [5.74, 6) is 0.737. The van der Waals surface area contributed by atoms with E-state index >= 15 is 0 Å². The number of furan rings is 1. The minimum atomic E-state index is -3.51. The van der Waals surface area contributed by atoms with Gasteiger partial charge in [0.1, 0.15) is 5.76 Å². The molecule has 2 aromatic rings. The summed E-state index contributed by atoms with van der Waals surface area (Å²) in [5, 5.41) is 3.01. The second-order valence-corrected chi connectivity index (χ2v) is 6.99. The van der Waals surface area contributed by atoms with Crippen molar-refractivity contribution in [1.29, 1.82) is 0 Å². The fourth-order valence-electron chi connectivity index (χ4n) is 2.10. The molecule has 0 fully saturated rings. The highest BCUT2D eigenvalue weighted by atomic mass is 32.2. The lowest BCUT2D eigenvalue weighted by Crippen LogP contribution is -2.26.